The maximum Gasteiger partial charge on any atom is 0.310 e. The summed E-state index contributed by atoms with van der Waals surface area (Å²) in [6.45, 7) is 9.86. The van der Waals surface area contributed by atoms with E-state index in [1.54, 1.807) is 0 Å². The minimum absolute atomic E-state index is 0.155. The zero-order valence-electron chi connectivity index (χ0n) is 13.0. The molecule has 0 amide bonds. The Bertz CT molecular complexity index is 495. The van der Waals surface area contributed by atoms with Crippen LogP contribution in [0.15, 0.2) is 4.52 Å². The van der Waals surface area contributed by atoms with E-state index in [0.29, 0.717) is 31.4 Å². The van der Waals surface area contributed by atoms with Crippen molar-refractivity contribution in [1.29, 1.82) is 0 Å². The molecule has 1 aromatic heterocycles. The topological polar surface area (TPSA) is 88.7 Å². The van der Waals surface area contributed by atoms with E-state index in [1.807, 2.05) is 32.6 Å². The molecule has 1 fully saturated rings. The van der Waals surface area contributed by atoms with Gasteiger partial charge in [-0.15, -0.1) is 0 Å². The zero-order valence-corrected chi connectivity index (χ0v) is 13.0. The monoisotopic (exact) mass is 297 g/mol. The number of rotatable bonds is 5. The second kappa shape index (κ2) is 6.11. The van der Waals surface area contributed by atoms with E-state index < -0.39 is 11.9 Å². The largest absolute Gasteiger partial charge is 0.481 e. The van der Waals surface area contributed by atoms with Crippen molar-refractivity contribution >= 4 is 5.97 Å². The third-order valence-corrected chi connectivity index (χ3v) is 3.72. The summed E-state index contributed by atoms with van der Waals surface area (Å²) in [6, 6.07) is -0.155. The number of hydrogen-bond acceptors (Lipinski definition) is 6. The highest BCUT2D eigenvalue weighted by atomic mass is 16.5. The Kier molecular flexibility index (Phi) is 4.63. The van der Waals surface area contributed by atoms with Gasteiger partial charge in [-0.2, -0.15) is 4.98 Å². The van der Waals surface area contributed by atoms with Crippen molar-refractivity contribution in [1.82, 2.24) is 15.0 Å². The maximum absolute atomic E-state index is 11.3. The Morgan fingerprint density at radius 2 is 2.14 bits per heavy atom. The van der Waals surface area contributed by atoms with Gasteiger partial charge in [-0.05, 0) is 6.54 Å². The van der Waals surface area contributed by atoms with Crippen LogP contribution in [0.5, 0.6) is 0 Å². The van der Waals surface area contributed by atoms with Gasteiger partial charge >= 0.3 is 5.97 Å². The lowest BCUT2D eigenvalue weighted by molar-refractivity contribution is -0.143. The van der Waals surface area contributed by atoms with E-state index in [1.165, 1.54) is 0 Å². The van der Waals surface area contributed by atoms with Crippen molar-refractivity contribution in [2.75, 3.05) is 19.8 Å². The Labute approximate surface area is 124 Å². The third-order valence-electron chi connectivity index (χ3n) is 3.72. The lowest BCUT2D eigenvalue weighted by Crippen LogP contribution is -2.42. The molecule has 2 rings (SSSR count). The smallest absolute Gasteiger partial charge is 0.310 e. The Hall–Kier alpha value is -1.47. The summed E-state index contributed by atoms with van der Waals surface area (Å²) < 4.78 is 10.6. The van der Waals surface area contributed by atoms with Crippen molar-refractivity contribution in [2.24, 2.45) is 5.92 Å². The summed E-state index contributed by atoms with van der Waals surface area (Å²) in [5.74, 6) is -0.157. The van der Waals surface area contributed by atoms with Crippen molar-refractivity contribution in [3.63, 3.8) is 0 Å². The highest BCUT2D eigenvalue weighted by molar-refractivity contribution is 5.71. The molecule has 21 heavy (non-hydrogen) atoms. The zero-order chi connectivity index (χ0) is 15.6. The van der Waals surface area contributed by atoms with E-state index in [9.17, 15) is 9.90 Å². The molecule has 0 aliphatic carbocycles. The van der Waals surface area contributed by atoms with Crippen LogP contribution in [-0.4, -0.2) is 51.9 Å². The predicted molar refractivity (Wildman–Crippen MR) is 74.8 cm³/mol. The number of nitrogens with zero attached hydrogens (tertiary/aromatic N) is 3. The fourth-order valence-corrected chi connectivity index (χ4v) is 2.40. The molecule has 0 spiro atoms. The SMILES string of the molecule is CCN(Cc1nc(C(C)(C)C)no1)C1COCC1C(=O)O. The minimum Gasteiger partial charge on any atom is -0.481 e. The van der Waals surface area contributed by atoms with Crippen LogP contribution in [0, 0.1) is 5.92 Å². The summed E-state index contributed by atoms with van der Waals surface area (Å²) in [4.78, 5) is 17.7. The lowest BCUT2D eigenvalue weighted by atomic mass is 9.96. The first-order valence-corrected chi connectivity index (χ1v) is 7.20. The van der Waals surface area contributed by atoms with Crippen molar-refractivity contribution in [3.8, 4) is 0 Å². The molecule has 118 valence electrons. The van der Waals surface area contributed by atoms with Gasteiger partial charge in [-0.25, -0.2) is 0 Å². The summed E-state index contributed by atoms with van der Waals surface area (Å²) in [6.07, 6.45) is 0. The predicted octanol–water partition coefficient (Wildman–Crippen LogP) is 1.29. The molecule has 0 saturated carbocycles. The van der Waals surface area contributed by atoms with Crippen LogP contribution in [0.2, 0.25) is 0 Å². The van der Waals surface area contributed by atoms with Crippen molar-refractivity contribution in [3.05, 3.63) is 11.7 Å². The van der Waals surface area contributed by atoms with Gasteiger partial charge in [-0.3, -0.25) is 9.69 Å². The van der Waals surface area contributed by atoms with Crippen LogP contribution < -0.4 is 0 Å². The van der Waals surface area contributed by atoms with Crippen molar-refractivity contribution in [2.45, 2.75) is 45.7 Å². The highest BCUT2D eigenvalue weighted by Crippen LogP contribution is 2.23. The minimum atomic E-state index is -0.822. The highest BCUT2D eigenvalue weighted by Gasteiger charge is 2.38. The molecule has 7 heteroatoms. The van der Waals surface area contributed by atoms with Crippen molar-refractivity contribution < 1.29 is 19.2 Å². The first-order chi connectivity index (χ1) is 9.82. The summed E-state index contributed by atoms with van der Waals surface area (Å²) in [7, 11) is 0. The van der Waals surface area contributed by atoms with E-state index in [2.05, 4.69) is 10.1 Å². The molecule has 7 nitrogen and oxygen atoms in total. The second-order valence-corrected chi connectivity index (χ2v) is 6.37. The van der Waals surface area contributed by atoms with Gasteiger partial charge in [-0.1, -0.05) is 32.9 Å². The lowest BCUT2D eigenvalue weighted by Gasteiger charge is -2.27. The normalized spacial score (nSPS) is 22.9. The molecule has 1 N–H and O–H groups in total. The van der Waals surface area contributed by atoms with Crippen LogP contribution in [0.4, 0.5) is 0 Å². The van der Waals surface area contributed by atoms with Gasteiger partial charge in [0, 0.05) is 11.5 Å². The Morgan fingerprint density at radius 1 is 1.43 bits per heavy atom. The molecular formula is C14H23N3O4. The Morgan fingerprint density at radius 3 is 2.67 bits per heavy atom. The summed E-state index contributed by atoms with van der Waals surface area (Å²) in [5, 5.41) is 13.2. The fourth-order valence-electron chi connectivity index (χ4n) is 2.40. The van der Waals surface area contributed by atoms with Crippen LogP contribution in [0.25, 0.3) is 0 Å². The van der Waals surface area contributed by atoms with Gasteiger partial charge in [0.1, 0.15) is 0 Å². The van der Waals surface area contributed by atoms with Gasteiger partial charge in [0.25, 0.3) is 0 Å². The van der Waals surface area contributed by atoms with Gasteiger partial charge < -0.3 is 14.4 Å². The van der Waals surface area contributed by atoms with E-state index in [4.69, 9.17) is 9.26 Å². The summed E-state index contributed by atoms with van der Waals surface area (Å²) >= 11 is 0. The van der Waals surface area contributed by atoms with E-state index in [-0.39, 0.29) is 18.1 Å². The molecule has 0 bridgehead atoms. The quantitative estimate of drug-likeness (QED) is 0.876. The number of carbonyl (C=O) groups is 1. The molecule has 2 heterocycles. The number of likely N-dealkylation sites (N-methyl/N-ethyl adjacent to an activating group) is 1. The van der Waals surface area contributed by atoms with Gasteiger partial charge in [0.05, 0.1) is 25.7 Å². The van der Waals surface area contributed by atoms with E-state index in [0.717, 1.165) is 0 Å². The van der Waals surface area contributed by atoms with Gasteiger partial charge in [0.2, 0.25) is 5.89 Å². The average Bonchev–Trinajstić information content (AvgIpc) is 3.03. The molecule has 0 radical (unpaired) electrons. The second-order valence-electron chi connectivity index (χ2n) is 6.37. The van der Waals surface area contributed by atoms with E-state index >= 15 is 0 Å². The fraction of sp³-hybridized carbons (Fsp3) is 0.786. The third kappa shape index (κ3) is 3.59. The summed E-state index contributed by atoms with van der Waals surface area (Å²) in [5.41, 5.74) is -0.168. The molecule has 2 atom stereocenters. The van der Waals surface area contributed by atoms with Gasteiger partial charge in [0.15, 0.2) is 5.82 Å². The van der Waals surface area contributed by atoms with Crippen LogP contribution >= 0.6 is 0 Å². The number of aromatic nitrogens is 2. The number of carboxylic acid groups (broad SMARTS) is 1. The van der Waals surface area contributed by atoms with Crippen LogP contribution in [0.3, 0.4) is 0 Å². The molecule has 0 aromatic carbocycles. The number of carboxylic acids is 1. The molecular weight excluding hydrogens is 274 g/mol. The average molecular weight is 297 g/mol. The first kappa shape index (κ1) is 15.9. The number of aliphatic carboxylic acids is 1. The van der Waals surface area contributed by atoms with Crippen LogP contribution in [0.1, 0.15) is 39.4 Å². The number of ether oxygens (including phenoxy) is 1. The molecule has 2 unspecified atom stereocenters. The Balaban J connectivity index is 2.09. The van der Waals surface area contributed by atoms with Crippen LogP contribution in [-0.2, 0) is 21.5 Å². The first-order valence-electron chi connectivity index (χ1n) is 7.20. The molecule has 1 aliphatic rings. The number of hydrogen-bond donors (Lipinski definition) is 1. The molecule has 1 saturated heterocycles. The maximum atomic E-state index is 11.3. The standard InChI is InChI=1S/C14H23N3O4/c1-5-17(10-8-20-7-9(10)12(18)19)6-11-15-13(16-21-11)14(2,3)4/h9-10H,5-8H2,1-4H3,(H,18,19). The molecule has 1 aromatic rings. The molecule has 1 aliphatic heterocycles.